The van der Waals surface area contributed by atoms with E-state index in [4.69, 9.17) is 0 Å². The zero-order valence-corrected chi connectivity index (χ0v) is 10.1. The maximum atomic E-state index is 4.17. The Morgan fingerprint density at radius 3 is 2.67 bits per heavy atom. The first-order valence-electron chi connectivity index (χ1n) is 5.95. The smallest absolute Gasteiger partial charge is 0.136 e. The number of aromatic nitrogens is 3. The van der Waals surface area contributed by atoms with E-state index in [1.54, 1.807) is 0 Å². The first-order valence-corrected chi connectivity index (χ1v) is 5.95. The minimum absolute atomic E-state index is 0.230. The second-order valence-electron chi connectivity index (χ2n) is 4.27. The Bertz CT molecular complexity index is 645. The molecule has 0 amide bonds. The number of benzene rings is 2. The maximum Gasteiger partial charge on any atom is 0.136 e. The van der Waals surface area contributed by atoms with E-state index in [2.05, 4.69) is 39.8 Å². The molecule has 3 rings (SSSR count). The molecule has 4 heteroatoms. The Morgan fingerprint density at radius 2 is 1.83 bits per heavy atom. The molecule has 0 saturated carbocycles. The highest BCUT2D eigenvalue weighted by molar-refractivity contribution is 5.87. The fraction of sp³-hybridized carbons (Fsp3) is 0.143. The zero-order valence-electron chi connectivity index (χ0n) is 10.1. The van der Waals surface area contributed by atoms with Crippen molar-refractivity contribution in [3.8, 4) is 0 Å². The Morgan fingerprint density at radius 1 is 1.00 bits per heavy atom. The fourth-order valence-electron chi connectivity index (χ4n) is 2.04. The molecule has 4 nitrogen and oxygen atoms in total. The molecule has 0 aliphatic rings. The monoisotopic (exact) mass is 238 g/mol. The van der Waals surface area contributed by atoms with E-state index >= 15 is 0 Å². The number of hydrogen-bond donors (Lipinski definition) is 2. The maximum absolute atomic E-state index is 4.17. The number of rotatable bonds is 3. The molecular formula is C14H14N4. The van der Waals surface area contributed by atoms with Crippen LogP contribution in [0.4, 0.5) is 5.69 Å². The van der Waals surface area contributed by atoms with Crippen LogP contribution in [0.15, 0.2) is 48.5 Å². The van der Waals surface area contributed by atoms with Crippen molar-refractivity contribution >= 4 is 16.7 Å². The number of fused-ring (bicyclic) bond motifs is 1. The van der Waals surface area contributed by atoms with Crippen LogP contribution in [0.2, 0.25) is 0 Å². The van der Waals surface area contributed by atoms with Gasteiger partial charge in [-0.15, -0.1) is 0 Å². The predicted octanol–water partition coefficient (Wildman–Crippen LogP) is 3.13. The van der Waals surface area contributed by atoms with E-state index in [0.29, 0.717) is 0 Å². The number of para-hydroxylation sites is 1. The first-order chi connectivity index (χ1) is 8.84. The van der Waals surface area contributed by atoms with E-state index in [1.807, 2.05) is 36.4 Å². The SMILES string of the molecule is C[C@@H](Nc1cccc2n[nH]nc12)c1ccccc1. The molecule has 0 unspecified atom stereocenters. The lowest BCUT2D eigenvalue weighted by Gasteiger charge is -2.15. The second kappa shape index (κ2) is 4.49. The lowest BCUT2D eigenvalue weighted by molar-refractivity contribution is 0.885. The summed E-state index contributed by atoms with van der Waals surface area (Å²) in [5, 5.41) is 14.4. The number of hydrogen-bond acceptors (Lipinski definition) is 3. The molecule has 0 spiro atoms. The number of aromatic amines is 1. The third kappa shape index (κ3) is 1.93. The normalized spacial score (nSPS) is 12.5. The van der Waals surface area contributed by atoms with Gasteiger partial charge in [-0.05, 0) is 24.6 Å². The summed E-state index contributed by atoms with van der Waals surface area (Å²) >= 11 is 0. The Kier molecular flexibility index (Phi) is 2.68. The highest BCUT2D eigenvalue weighted by atomic mass is 15.3. The third-order valence-corrected chi connectivity index (χ3v) is 3.02. The van der Waals surface area contributed by atoms with Gasteiger partial charge < -0.3 is 5.32 Å². The van der Waals surface area contributed by atoms with Crippen molar-refractivity contribution in [1.82, 2.24) is 15.4 Å². The summed E-state index contributed by atoms with van der Waals surface area (Å²) in [6.45, 7) is 2.13. The standard InChI is InChI=1S/C14H14N4/c1-10(11-6-3-2-4-7-11)15-12-8-5-9-13-14(12)17-18-16-13/h2-10,15H,1H3,(H,16,17,18)/t10-/m1/s1. The lowest BCUT2D eigenvalue weighted by atomic mass is 10.1. The summed E-state index contributed by atoms with van der Waals surface area (Å²) in [6.07, 6.45) is 0. The summed E-state index contributed by atoms with van der Waals surface area (Å²) in [5.41, 5.74) is 4.00. The van der Waals surface area contributed by atoms with Crippen LogP contribution in [0, 0.1) is 0 Å². The van der Waals surface area contributed by atoms with Crippen LogP contribution in [0.3, 0.4) is 0 Å². The van der Waals surface area contributed by atoms with Gasteiger partial charge >= 0.3 is 0 Å². The van der Waals surface area contributed by atoms with Gasteiger partial charge in [0.25, 0.3) is 0 Å². The molecule has 1 atom stereocenters. The third-order valence-electron chi connectivity index (χ3n) is 3.02. The first kappa shape index (κ1) is 10.8. The molecule has 1 aromatic heterocycles. The molecule has 1 heterocycles. The van der Waals surface area contributed by atoms with Crippen molar-refractivity contribution in [1.29, 1.82) is 0 Å². The Labute approximate surface area is 105 Å². The van der Waals surface area contributed by atoms with E-state index in [1.165, 1.54) is 5.56 Å². The summed E-state index contributed by atoms with van der Waals surface area (Å²) in [6, 6.07) is 16.5. The van der Waals surface area contributed by atoms with Crippen LogP contribution in [0.25, 0.3) is 11.0 Å². The number of anilines is 1. The van der Waals surface area contributed by atoms with Gasteiger partial charge in [-0.1, -0.05) is 36.4 Å². The van der Waals surface area contributed by atoms with Crippen molar-refractivity contribution in [2.75, 3.05) is 5.32 Å². The fourth-order valence-corrected chi connectivity index (χ4v) is 2.04. The summed E-state index contributed by atoms with van der Waals surface area (Å²) < 4.78 is 0. The van der Waals surface area contributed by atoms with E-state index in [9.17, 15) is 0 Å². The summed E-state index contributed by atoms with van der Waals surface area (Å²) in [5.74, 6) is 0. The van der Waals surface area contributed by atoms with Gasteiger partial charge in [0.05, 0.1) is 5.69 Å². The molecule has 0 fully saturated rings. The molecule has 2 aromatic carbocycles. The van der Waals surface area contributed by atoms with Crippen LogP contribution in [0.5, 0.6) is 0 Å². The molecule has 18 heavy (non-hydrogen) atoms. The molecule has 3 aromatic rings. The van der Waals surface area contributed by atoms with Gasteiger partial charge in [0.2, 0.25) is 0 Å². The molecule has 0 saturated heterocycles. The second-order valence-corrected chi connectivity index (χ2v) is 4.27. The largest absolute Gasteiger partial charge is 0.377 e. The van der Waals surface area contributed by atoms with Crippen molar-refractivity contribution < 1.29 is 0 Å². The average molecular weight is 238 g/mol. The molecule has 0 aliphatic heterocycles. The van der Waals surface area contributed by atoms with Gasteiger partial charge in [0.1, 0.15) is 11.0 Å². The molecule has 0 radical (unpaired) electrons. The molecule has 0 bridgehead atoms. The minimum Gasteiger partial charge on any atom is -0.377 e. The molecule has 90 valence electrons. The van der Waals surface area contributed by atoms with Gasteiger partial charge in [-0.2, -0.15) is 15.4 Å². The van der Waals surface area contributed by atoms with Gasteiger partial charge in [-0.25, -0.2) is 0 Å². The van der Waals surface area contributed by atoms with E-state index in [0.717, 1.165) is 16.7 Å². The minimum atomic E-state index is 0.230. The van der Waals surface area contributed by atoms with Crippen LogP contribution in [0.1, 0.15) is 18.5 Å². The van der Waals surface area contributed by atoms with E-state index < -0.39 is 0 Å². The average Bonchev–Trinajstić information content (AvgIpc) is 2.89. The number of H-pyrrole nitrogens is 1. The highest BCUT2D eigenvalue weighted by Gasteiger charge is 2.08. The number of nitrogens with one attached hydrogen (secondary N) is 2. The van der Waals surface area contributed by atoms with Crippen molar-refractivity contribution in [2.45, 2.75) is 13.0 Å². The quantitative estimate of drug-likeness (QED) is 0.737. The van der Waals surface area contributed by atoms with Crippen LogP contribution in [-0.4, -0.2) is 15.4 Å². The van der Waals surface area contributed by atoms with Crippen LogP contribution in [-0.2, 0) is 0 Å². The molecule has 0 aliphatic carbocycles. The van der Waals surface area contributed by atoms with Gasteiger partial charge in [-0.3, -0.25) is 0 Å². The molecular weight excluding hydrogens is 224 g/mol. The Hall–Kier alpha value is -2.36. The van der Waals surface area contributed by atoms with E-state index in [-0.39, 0.29) is 6.04 Å². The lowest BCUT2D eigenvalue weighted by Crippen LogP contribution is -2.06. The van der Waals surface area contributed by atoms with Crippen LogP contribution < -0.4 is 5.32 Å². The van der Waals surface area contributed by atoms with Crippen molar-refractivity contribution in [2.24, 2.45) is 0 Å². The number of nitrogens with zero attached hydrogens (tertiary/aromatic N) is 2. The van der Waals surface area contributed by atoms with Gasteiger partial charge in [0, 0.05) is 6.04 Å². The Balaban J connectivity index is 1.91. The van der Waals surface area contributed by atoms with Crippen molar-refractivity contribution in [3.63, 3.8) is 0 Å². The summed E-state index contributed by atoms with van der Waals surface area (Å²) in [4.78, 5) is 0. The zero-order chi connectivity index (χ0) is 12.4. The predicted molar refractivity (Wildman–Crippen MR) is 72.4 cm³/mol. The topological polar surface area (TPSA) is 53.6 Å². The molecule has 2 N–H and O–H groups in total. The summed E-state index contributed by atoms with van der Waals surface area (Å²) in [7, 11) is 0. The highest BCUT2D eigenvalue weighted by Crippen LogP contribution is 2.24. The van der Waals surface area contributed by atoms with Crippen molar-refractivity contribution in [3.05, 3.63) is 54.1 Å². The van der Waals surface area contributed by atoms with Gasteiger partial charge in [0.15, 0.2) is 0 Å². The van der Waals surface area contributed by atoms with Crippen LogP contribution >= 0.6 is 0 Å².